The Morgan fingerprint density at radius 3 is 2.92 bits per heavy atom. The highest BCUT2D eigenvalue weighted by Crippen LogP contribution is 2.34. The van der Waals surface area contributed by atoms with Crippen LogP contribution in [0.4, 0.5) is 0 Å². The summed E-state index contributed by atoms with van der Waals surface area (Å²) in [5, 5.41) is 4.15. The zero-order valence-electron chi connectivity index (χ0n) is 15.3. The summed E-state index contributed by atoms with van der Waals surface area (Å²) in [6.45, 7) is 3.39. The van der Waals surface area contributed by atoms with Crippen LogP contribution in [-0.4, -0.2) is 69.4 Å². The van der Waals surface area contributed by atoms with Gasteiger partial charge in [0.05, 0.1) is 23.9 Å². The molecule has 2 aliphatic rings. The number of carbonyl (C=O) groups is 1. The molecule has 2 aromatic rings. The van der Waals surface area contributed by atoms with Crippen LogP contribution < -0.4 is 0 Å². The Morgan fingerprint density at radius 1 is 1.35 bits per heavy atom. The first kappa shape index (κ1) is 17.2. The molecule has 2 aromatic heterocycles. The van der Waals surface area contributed by atoms with Gasteiger partial charge >= 0.3 is 0 Å². The van der Waals surface area contributed by atoms with Gasteiger partial charge in [-0.1, -0.05) is 6.07 Å². The van der Waals surface area contributed by atoms with E-state index in [1.54, 1.807) is 30.4 Å². The molecule has 4 heterocycles. The van der Waals surface area contributed by atoms with Gasteiger partial charge in [0, 0.05) is 64.8 Å². The minimum atomic E-state index is 0.0749. The van der Waals surface area contributed by atoms with Crippen molar-refractivity contribution in [3.05, 3.63) is 48.0 Å². The average Bonchev–Trinajstić information content (AvgIpc) is 3.27. The van der Waals surface area contributed by atoms with E-state index in [9.17, 15) is 4.79 Å². The molecule has 0 saturated carbocycles. The molecule has 3 atom stereocenters. The van der Waals surface area contributed by atoms with Crippen LogP contribution in [0.25, 0.3) is 0 Å². The molecule has 26 heavy (non-hydrogen) atoms. The van der Waals surface area contributed by atoms with Crippen LogP contribution in [0.2, 0.25) is 0 Å². The third-order valence-electron chi connectivity index (χ3n) is 5.59. The Morgan fingerprint density at radius 2 is 2.23 bits per heavy atom. The Bertz CT molecular complexity index is 762. The summed E-state index contributed by atoms with van der Waals surface area (Å²) in [7, 11) is 3.62. The Balaban J connectivity index is 1.52. The zero-order chi connectivity index (χ0) is 18.1. The lowest BCUT2D eigenvalue weighted by Crippen LogP contribution is -2.53. The first-order valence-corrected chi connectivity index (χ1v) is 9.09. The number of rotatable bonds is 4. The predicted molar refractivity (Wildman–Crippen MR) is 96.5 cm³/mol. The largest absolute Gasteiger partial charge is 0.381 e. The molecule has 0 aromatic carbocycles. The molecule has 0 spiro atoms. The monoisotopic (exact) mass is 355 g/mol. The lowest BCUT2D eigenvalue weighted by atomic mass is 9.88. The summed E-state index contributed by atoms with van der Waals surface area (Å²) in [6, 6.07) is 4.24. The number of nitrogens with zero attached hydrogens (tertiary/aromatic N) is 5. The molecular weight excluding hydrogens is 330 g/mol. The van der Waals surface area contributed by atoms with E-state index in [4.69, 9.17) is 4.74 Å². The molecule has 2 aliphatic heterocycles. The van der Waals surface area contributed by atoms with Gasteiger partial charge in [-0.25, -0.2) is 0 Å². The van der Waals surface area contributed by atoms with Crippen LogP contribution in [-0.2, 0) is 18.3 Å². The Kier molecular flexibility index (Phi) is 4.74. The molecule has 7 heteroatoms. The van der Waals surface area contributed by atoms with Gasteiger partial charge in [-0.05, 0) is 18.1 Å². The fourth-order valence-electron chi connectivity index (χ4n) is 4.36. The van der Waals surface area contributed by atoms with E-state index in [-0.39, 0.29) is 18.1 Å². The number of piperidine rings is 1. The molecule has 4 rings (SSSR count). The molecule has 138 valence electrons. The van der Waals surface area contributed by atoms with E-state index in [0.29, 0.717) is 11.5 Å². The SMILES string of the molecule is CO[C@@H]1CCN(C(=O)c2cnn(C)c2)[C@@H]2CN(Cc3cccnc3)C[C@@H]21. The van der Waals surface area contributed by atoms with Crippen molar-refractivity contribution in [1.29, 1.82) is 0 Å². The maximum Gasteiger partial charge on any atom is 0.257 e. The summed E-state index contributed by atoms with van der Waals surface area (Å²) in [5.74, 6) is 0.414. The van der Waals surface area contributed by atoms with E-state index in [1.807, 2.05) is 24.2 Å². The van der Waals surface area contributed by atoms with Crippen LogP contribution in [0.3, 0.4) is 0 Å². The number of hydrogen-bond acceptors (Lipinski definition) is 5. The summed E-state index contributed by atoms with van der Waals surface area (Å²) < 4.78 is 7.42. The molecule has 7 nitrogen and oxygen atoms in total. The zero-order valence-corrected chi connectivity index (χ0v) is 15.3. The summed E-state index contributed by atoms with van der Waals surface area (Å²) in [5.41, 5.74) is 1.86. The smallest absolute Gasteiger partial charge is 0.257 e. The number of ether oxygens (including phenoxy) is 1. The number of pyridine rings is 1. The average molecular weight is 355 g/mol. The first-order valence-electron chi connectivity index (χ1n) is 9.09. The highest BCUT2D eigenvalue weighted by molar-refractivity contribution is 5.94. The van der Waals surface area contributed by atoms with Gasteiger partial charge in [-0.15, -0.1) is 0 Å². The highest BCUT2D eigenvalue weighted by atomic mass is 16.5. The third-order valence-corrected chi connectivity index (χ3v) is 5.59. The number of likely N-dealkylation sites (tertiary alicyclic amines) is 2. The van der Waals surface area contributed by atoms with Crippen LogP contribution >= 0.6 is 0 Å². The highest BCUT2D eigenvalue weighted by Gasteiger charge is 2.46. The van der Waals surface area contributed by atoms with Gasteiger partial charge in [0.25, 0.3) is 5.91 Å². The first-order chi connectivity index (χ1) is 12.7. The van der Waals surface area contributed by atoms with Gasteiger partial charge in [0.1, 0.15) is 0 Å². The number of aromatic nitrogens is 3. The minimum Gasteiger partial charge on any atom is -0.381 e. The topological polar surface area (TPSA) is 63.5 Å². The van der Waals surface area contributed by atoms with Gasteiger partial charge in [-0.3, -0.25) is 19.4 Å². The van der Waals surface area contributed by atoms with E-state index >= 15 is 0 Å². The molecule has 2 saturated heterocycles. The van der Waals surface area contributed by atoms with E-state index in [0.717, 1.165) is 32.6 Å². The number of amides is 1. The van der Waals surface area contributed by atoms with Gasteiger partial charge in [0.2, 0.25) is 0 Å². The standard InChI is InChI=1S/C19H25N5O2/c1-22-11-15(9-21-22)19(25)24-7-5-18(26-2)16-12-23(13-17(16)24)10-14-4-3-6-20-8-14/h3-4,6,8-9,11,16-18H,5,7,10,12-13H2,1-2H3/t16-,17+,18+/m0/s1. The molecule has 1 amide bonds. The van der Waals surface area contributed by atoms with Crippen LogP contribution in [0.15, 0.2) is 36.9 Å². The van der Waals surface area contributed by atoms with E-state index < -0.39 is 0 Å². The number of carbonyl (C=O) groups excluding carboxylic acids is 1. The summed E-state index contributed by atoms with van der Waals surface area (Å²) in [6.07, 6.45) is 8.24. The van der Waals surface area contributed by atoms with E-state index in [1.165, 1.54) is 5.56 Å². The molecule has 0 unspecified atom stereocenters. The Labute approximate surface area is 153 Å². The maximum atomic E-state index is 13.0. The van der Waals surface area contributed by atoms with Crippen molar-refractivity contribution in [3.63, 3.8) is 0 Å². The quantitative estimate of drug-likeness (QED) is 0.824. The van der Waals surface area contributed by atoms with Crippen LogP contribution in [0.5, 0.6) is 0 Å². The second-order valence-corrected chi connectivity index (χ2v) is 7.25. The van der Waals surface area contributed by atoms with Crippen molar-refractivity contribution in [2.75, 3.05) is 26.7 Å². The van der Waals surface area contributed by atoms with Crippen molar-refractivity contribution in [3.8, 4) is 0 Å². The predicted octanol–water partition coefficient (Wildman–Crippen LogP) is 1.18. The van der Waals surface area contributed by atoms with Crippen molar-refractivity contribution in [1.82, 2.24) is 24.6 Å². The van der Waals surface area contributed by atoms with Gasteiger partial charge in [-0.2, -0.15) is 5.10 Å². The maximum absolute atomic E-state index is 13.0. The van der Waals surface area contributed by atoms with Gasteiger partial charge in [0.15, 0.2) is 0 Å². The summed E-state index contributed by atoms with van der Waals surface area (Å²) in [4.78, 5) is 21.7. The van der Waals surface area contributed by atoms with Crippen molar-refractivity contribution in [2.24, 2.45) is 13.0 Å². The van der Waals surface area contributed by atoms with E-state index in [2.05, 4.69) is 21.0 Å². The van der Waals surface area contributed by atoms with Crippen molar-refractivity contribution >= 4 is 5.91 Å². The normalized spacial score (nSPS) is 26.1. The fraction of sp³-hybridized carbons (Fsp3) is 0.526. The van der Waals surface area contributed by atoms with Crippen LogP contribution in [0.1, 0.15) is 22.3 Å². The number of methoxy groups -OCH3 is 1. The second-order valence-electron chi connectivity index (χ2n) is 7.25. The number of aryl methyl sites for hydroxylation is 1. The lowest BCUT2D eigenvalue weighted by Gasteiger charge is -2.41. The molecule has 2 fully saturated rings. The lowest BCUT2D eigenvalue weighted by molar-refractivity contribution is -0.0156. The van der Waals surface area contributed by atoms with Crippen molar-refractivity contribution in [2.45, 2.75) is 25.1 Å². The van der Waals surface area contributed by atoms with Crippen molar-refractivity contribution < 1.29 is 9.53 Å². The summed E-state index contributed by atoms with van der Waals surface area (Å²) >= 11 is 0. The minimum absolute atomic E-state index is 0.0749. The van der Waals surface area contributed by atoms with Gasteiger partial charge < -0.3 is 9.64 Å². The fourth-order valence-corrected chi connectivity index (χ4v) is 4.36. The molecule has 0 radical (unpaired) electrons. The third kappa shape index (κ3) is 3.24. The second kappa shape index (κ2) is 7.17. The molecular formula is C19H25N5O2. The molecule has 0 N–H and O–H groups in total. The Hall–Kier alpha value is -2.25. The molecule has 0 bridgehead atoms. The number of hydrogen-bond donors (Lipinski definition) is 0. The van der Waals surface area contributed by atoms with Crippen LogP contribution in [0, 0.1) is 5.92 Å². The molecule has 0 aliphatic carbocycles. The number of fused-ring (bicyclic) bond motifs is 1.